The normalized spacial score (nSPS) is 17.1. The second-order valence-electron chi connectivity index (χ2n) is 10.2. The van der Waals surface area contributed by atoms with Gasteiger partial charge in [-0.2, -0.15) is 0 Å². The van der Waals surface area contributed by atoms with Crippen molar-refractivity contribution < 1.29 is 14.6 Å². The van der Waals surface area contributed by atoms with Crippen molar-refractivity contribution in [3.63, 3.8) is 0 Å². The van der Waals surface area contributed by atoms with Gasteiger partial charge in [0.25, 0.3) is 0 Å². The number of carboxylic acid groups (broad SMARTS) is 1. The van der Waals surface area contributed by atoms with Crippen LogP contribution in [-0.4, -0.2) is 65.2 Å². The molecule has 2 aliphatic heterocycles. The number of ether oxygens (including phenoxy) is 1. The lowest BCUT2D eigenvalue weighted by molar-refractivity contribution is -0.138. The van der Waals surface area contributed by atoms with Gasteiger partial charge in [-0.15, -0.1) is 0 Å². The highest BCUT2D eigenvalue weighted by Gasteiger charge is 2.22. The number of aromatic nitrogens is 2. The third-order valence-electron chi connectivity index (χ3n) is 7.20. The molecular formula is C29H33Cl2N5O3. The average Bonchev–Trinajstić information content (AvgIpc) is 3.19. The van der Waals surface area contributed by atoms with Crippen molar-refractivity contribution >= 4 is 35.0 Å². The van der Waals surface area contributed by atoms with E-state index >= 15 is 0 Å². The largest absolute Gasteiger partial charge is 0.481 e. The predicted molar refractivity (Wildman–Crippen MR) is 154 cm³/mol. The number of piperidine rings is 1. The lowest BCUT2D eigenvalue weighted by atomic mass is 9.93. The van der Waals surface area contributed by atoms with Crippen molar-refractivity contribution in [2.45, 2.75) is 32.2 Å². The molecule has 2 N–H and O–H groups in total. The minimum atomic E-state index is -0.722. The molecule has 39 heavy (non-hydrogen) atoms. The topological polar surface area (TPSA) is 90.8 Å². The van der Waals surface area contributed by atoms with Gasteiger partial charge < -0.3 is 20.1 Å². The second-order valence-corrected chi connectivity index (χ2v) is 11.1. The third-order valence-corrected chi connectivity index (χ3v) is 7.64. The Labute approximate surface area is 238 Å². The summed E-state index contributed by atoms with van der Waals surface area (Å²) in [6.07, 6.45) is 4.82. The smallest absolute Gasteiger partial charge is 0.303 e. The van der Waals surface area contributed by atoms with E-state index in [0.717, 1.165) is 75.5 Å². The summed E-state index contributed by atoms with van der Waals surface area (Å²) in [7, 11) is 0. The first-order valence-corrected chi connectivity index (χ1v) is 14.2. The third kappa shape index (κ3) is 7.82. The van der Waals surface area contributed by atoms with Crippen LogP contribution in [0.3, 0.4) is 0 Å². The molecule has 2 aliphatic rings. The Morgan fingerprint density at radius 2 is 1.82 bits per heavy atom. The summed E-state index contributed by atoms with van der Waals surface area (Å²) < 4.78 is 6.20. The Hall–Kier alpha value is -2.91. The van der Waals surface area contributed by atoms with Crippen molar-refractivity contribution in [3.05, 3.63) is 64.3 Å². The number of carbonyl (C=O) groups is 1. The number of anilines is 1. The van der Waals surface area contributed by atoms with E-state index in [1.54, 1.807) is 12.3 Å². The van der Waals surface area contributed by atoms with Gasteiger partial charge in [0.05, 0.1) is 11.9 Å². The van der Waals surface area contributed by atoms with Gasteiger partial charge in [-0.25, -0.2) is 9.97 Å². The molecule has 3 aromatic rings. The SMILES string of the molecule is O=C(O)CC1CCN(Cc2cc(Oc3ccc(N4CCCNCC4)nc3)nc(-c3cc(Cl)cc(Cl)c3)c2)CC1. The van der Waals surface area contributed by atoms with Gasteiger partial charge in [0, 0.05) is 54.3 Å². The summed E-state index contributed by atoms with van der Waals surface area (Å²) >= 11 is 12.6. The average molecular weight is 571 g/mol. The van der Waals surface area contributed by atoms with Crippen molar-refractivity contribution in [1.29, 1.82) is 0 Å². The molecule has 2 saturated heterocycles. The Bertz CT molecular complexity index is 1250. The zero-order valence-corrected chi connectivity index (χ0v) is 23.3. The number of nitrogens with one attached hydrogen (secondary N) is 1. The Morgan fingerprint density at radius 1 is 1.03 bits per heavy atom. The zero-order valence-electron chi connectivity index (χ0n) is 21.8. The lowest BCUT2D eigenvalue weighted by Gasteiger charge is -2.31. The summed E-state index contributed by atoms with van der Waals surface area (Å²) in [5, 5.41) is 13.6. The Balaban J connectivity index is 1.35. The lowest BCUT2D eigenvalue weighted by Crippen LogP contribution is -2.33. The van der Waals surface area contributed by atoms with Crippen LogP contribution in [0, 0.1) is 5.92 Å². The minimum Gasteiger partial charge on any atom is -0.481 e. The van der Waals surface area contributed by atoms with Gasteiger partial charge in [-0.05, 0) is 86.8 Å². The van der Waals surface area contributed by atoms with E-state index in [1.165, 1.54) is 0 Å². The molecule has 206 valence electrons. The molecular weight excluding hydrogens is 537 g/mol. The van der Waals surface area contributed by atoms with Crippen LogP contribution in [0.2, 0.25) is 10.0 Å². The van der Waals surface area contributed by atoms with E-state index in [4.69, 9.17) is 38.0 Å². The Morgan fingerprint density at radius 3 is 2.54 bits per heavy atom. The number of benzene rings is 1. The molecule has 2 fully saturated rings. The molecule has 5 rings (SSSR count). The number of likely N-dealkylation sites (tertiary alicyclic amines) is 1. The highest BCUT2D eigenvalue weighted by Crippen LogP contribution is 2.31. The first-order chi connectivity index (χ1) is 18.9. The van der Waals surface area contributed by atoms with Crippen LogP contribution in [0.5, 0.6) is 11.6 Å². The molecule has 0 atom stereocenters. The van der Waals surface area contributed by atoms with Crippen LogP contribution < -0.4 is 15.0 Å². The molecule has 1 aromatic carbocycles. The number of aliphatic carboxylic acids is 1. The van der Waals surface area contributed by atoms with Crippen LogP contribution in [0.1, 0.15) is 31.2 Å². The maximum atomic E-state index is 11.1. The summed E-state index contributed by atoms with van der Waals surface area (Å²) in [6, 6.07) is 13.3. The molecule has 2 aromatic heterocycles. The van der Waals surface area contributed by atoms with E-state index < -0.39 is 5.97 Å². The van der Waals surface area contributed by atoms with Crippen LogP contribution in [0.15, 0.2) is 48.7 Å². The number of carboxylic acids is 1. The monoisotopic (exact) mass is 569 g/mol. The summed E-state index contributed by atoms with van der Waals surface area (Å²) in [4.78, 5) is 25.1. The van der Waals surface area contributed by atoms with Gasteiger partial charge in [-0.3, -0.25) is 9.69 Å². The number of nitrogens with zero attached hydrogens (tertiary/aromatic N) is 4. The highest BCUT2D eigenvalue weighted by atomic mass is 35.5. The van der Waals surface area contributed by atoms with Crippen LogP contribution in [0.4, 0.5) is 5.82 Å². The van der Waals surface area contributed by atoms with E-state index in [0.29, 0.717) is 33.9 Å². The van der Waals surface area contributed by atoms with Crippen molar-refractivity contribution in [3.8, 4) is 22.9 Å². The summed E-state index contributed by atoms with van der Waals surface area (Å²) in [5.74, 6) is 1.53. The fourth-order valence-corrected chi connectivity index (χ4v) is 5.75. The van der Waals surface area contributed by atoms with E-state index in [9.17, 15) is 4.79 Å². The first-order valence-electron chi connectivity index (χ1n) is 13.4. The zero-order chi connectivity index (χ0) is 27.2. The fraction of sp³-hybridized carbons (Fsp3) is 0.414. The van der Waals surface area contributed by atoms with Gasteiger partial charge in [-0.1, -0.05) is 23.2 Å². The van der Waals surface area contributed by atoms with E-state index in [1.807, 2.05) is 36.4 Å². The van der Waals surface area contributed by atoms with Crippen LogP contribution >= 0.6 is 23.2 Å². The van der Waals surface area contributed by atoms with Crippen LogP contribution in [-0.2, 0) is 11.3 Å². The fourth-order valence-electron chi connectivity index (χ4n) is 5.22. The summed E-state index contributed by atoms with van der Waals surface area (Å²) in [6.45, 7) is 6.29. The number of rotatable bonds is 8. The molecule has 0 amide bonds. The molecule has 0 unspecified atom stereocenters. The van der Waals surface area contributed by atoms with Gasteiger partial charge >= 0.3 is 5.97 Å². The predicted octanol–water partition coefficient (Wildman–Crippen LogP) is 5.73. The number of hydrogen-bond acceptors (Lipinski definition) is 7. The molecule has 10 heteroatoms. The Kier molecular flexibility index (Phi) is 9.19. The molecule has 0 radical (unpaired) electrons. The van der Waals surface area contributed by atoms with Crippen molar-refractivity contribution in [2.24, 2.45) is 5.92 Å². The number of halogens is 2. The second kappa shape index (κ2) is 13.0. The van der Waals surface area contributed by atoms with E-state index in [-0.39, 0.29) is 12.3 Å². The first kappa shape index (κ1) is 27.6. The van der Waals surface area contributed by atoms with Crippen molar-refractivity contribution in [2.75, 3.05) is 44.2 Å². The molecule has 4 heterocycles. The maximum absolute atomic E-state index is 11.1. The van der Waals surface area contributed by atoms with Gasteiger partial charge in [0.15, 0.2) is 0 Å². The van der Waals surface area contributed by atoms with Gasteiger partial charge in [0.1, 0.15) is 11.6 Å². The van der Waals surface area contributed by atoms with Crippen molar-refractivity contribution in [1.82, 2.24) is 20.2 Å². The van der Waals surface area contributed by atoms with E-state index in [2.05, 4.69) is 20.1 Å². The standard InChI is InChI=1S/C29H33Cl2N5O3/c30-23-15-22(16-24(31)17-23)26-12-21(19-35-9-4-20(5-10-35)14-29(37)38)13-28(34-26)39-25-2-3-27(33-18-25)36-8-1-6-32-7-11-36/h2-3,12-13,15-18,20,32H,1,4-11,14,19H2,(H,37,38). The van der Waals surface area contributed by atoms with Crippen LogP contribution in [0.25, 0.3) is 11.3 Å². The number of hydrogen-bond donors (Lipinski definition) is 2. The molecule has 0 bridgehead atoms. The highest BCUT2D eigenvalue weighted by molar-refractivity contribution is 6.35. The number of pyridine rings is 2. The minimum absolute atomic E-state index is 0.236. The molecule has 0 aliphatic carbocycles. The molecule has 0 spiro atoms. The molecule has 8 nitrogen and oxygen atoms in total. The maximum Gasteiger partial charge on any atom is 0.303 e. The quantitative estimate of drug-likeness (QED) is 0.355. The summed E-state index contributed by atoms with van der Waals surface area (Å²) in [5.41, 5.74) is 2.57. The van der Waals surface area contributed by atoms with Gasteiger partial charge in [0.2, 0.25) is 5.88 Å². The molecule has 0 saturated carbocycles.